The summed E-state index contributed by atoms with van der Waals surface area (Å²) in [7, 11) is 0. The van der Waals surface area contributed by atoms with Crippen molar-refractivity contribution in [1.29, 1.82) is 0 Å². The molecule has 24 heavy (non-hydrogen) atoms. The van der Waals surface area contributed by atoms with Crippen molar-refractivity contribution in [3.05, 3.63) is 0 Å². The Kier molecular flexibility index (Phi) is 16.3. The van der Waals surface area contributed by atoms with Gasteiger partial charge < -0.3 is 32.5 Å². The first-order chi connectivity index (χ1) is 10.7. The molecule has 0 aromatic rings. The fourth-order valence-electron chi connectivity index (χ4n) is 1.02. The molecule has 0 amide bonds. The van der Waals surface area contributed by atoms with Gasteiger partial charge in [0.15, 0.2) is 0 Å². The monoisotopic (exact) mass is 351 g/mol. The molecule has 9 heteroatoms. The lowest BCUT2D eigenvalue weighted by atomic mass is 10.1. The van der Waals surface area contributed by atoms with Crippen molar-refractivity contribution in [2.45, 2.75) is 78.0 Å². The summed E-state index contributed by atoms with van der Waals surface area (Å²) in [6.45, 7) is 8.55. The molecule has 9 N–H and O–H groups in total. The molecule has 0 radical (unpaired) electrons. The molecule has 0 spiro atoms. The number of aliphatic hydroxyl groups is 3. The van der Waals surface area contributed by atoms with Crippen LogP contribution in [0, 0.1) is 0 Å². The summed E-state index contributed by atoms with van der Waals surface area (Å²) in [5, 5.41) is 25.9. The first-order valence-electron chi connectivity index (χ1n) is 7.49. The minimum atomic E-state index is -0.729. The number of carbonyl (C=O) groups is 3. The minimum Gasteiger partial charge on any atom is -0.391 e. The summed E-state index contributed by atoms with van der Waals surface area (Å²) < 4.78 is 0. The fraction of sp³-hybridized carbons (Fsp3) is 0.800. The van der Waals surface area contributed by atoms with Crippen LogP contribution in [-0.4, -0.2) is 69.1 Å². The van der Waals surface area contributed by atoms with E-state index in [1.165, 1.54) is 41.5 Å². The maximum absolute atomic E-state index is 10.3. The predicted octanol–water partition coefficient (Wildman–Crippen LogP) is -2.15. The van der Waals surface area contributed by atoms with Crippen LogP contribution >= 0.6 is 0 Å². The molecule has 0 aliphatic rings. The quantitative estimate of drug-likeness (QED) is 0.310. The average molecular weight is 351 g/mol. The van der Waals surface area contributed by atoms with E-state index in [1.54, 1.807) is 0 Å². The Hall–Kier alpha value is -1.23. The van der Waals surface area contributed by atoms with Crippen molar-refractivity contribution in [3.63, 3.8) is 0 Å². The van der Waals surface area contributed by atoms with Gasteiger partial charge in [-0.15, -0.1) is 0 Å². The normalized spacial score (nSPS) is 17.5. The van der Waals surface area contributed by atoms with E-state index in [9.17, 15) is 14.4 Å². The van der Waals surface area contributed by atoms with Gasteiger partial charge in [-0.1, -0.05) is 0 Å². The second kappa shape index (κ2) is 14.1. The smallest absolute Gasteiger partial charge is 0.149 e. The van der Waals surface area contributed by atoms with Gasteiger partial charge in [-0.05, 0) is 41.5 Å². The molecule has 0 aliphatic heterocycles. The van der Waals surface area contributed by atoms with E-state index >= 15 is 0 Å². The molecule has 9 nitrogen and oxygen atoms in total. The molecule has 0 unspecified atom stereocenters. The molecule has 0 saturated heterocycles. The van der Waals surface area contributed by atoms with Crippen molar-refractivity contribution in [2.75, 3.05) is 0 Å². The van der Waals surface area contributed by atoms with Crippen molar-refractivity contribution < 1.29 is 29.7 Å². The number of hydrogen-bond donors (Lipinski definition) is 6. The lowest BCUT2D eigenvalue weighted by Gasteiger charge is -2.08. The predicted molar refractivity (Wildman–Crippen MR) is 91.0 cm³/mol. The zero-order valence-electron chi connectivity index (χ0n) is 15.3. The Balaban J connectivity index is -0.000000276. The first kappa shape index (κ1) is 27.6. The molecular formula is C15H33N3O6. The molecule has 0 fully saturated rings. The zero-order valence-corrected chi connectivity index (χ0v) is 15.3. The summed E-state index contributed by atoms with van der Waals surface area (Å²) in [5.74, 6) is -0.542. The summed E-state index contributed by atoms with van der Waals surface area (Å²) in [6.07, 6.45) is -2.19. The Labute approximate surface area is 143 Å². The second-order valence-electron chi connectivity index (χ2n) is 5.63. The van der Waals surface area contributed by atoms with Crippen molar-refractivity contribution >= 4 is 17.3 Å². The third-order valence-corrected chi connectivity index (χ3v) is 2.97. The van der Waals surface area contributed by atoms with Gasteiger partial charge in [-0.2, -0.15) is 0 Å². The van der Waals surface area contributed by atoms with Crippen molar-refractivity contribution in [2.24, 2.45) is 17.2 Å². The van der Waals surface area contributed by atoms with Crippen LogP contribution in [0.5, 0.6) is 0 Å². The van der Waals surface area contributed by atoms with E-state index in [1.807, 2.05) is 0 Å². The standard InChI is InChI=1S/3C5H11NO2/c3*1-3(7)5(6)4(2)8/h3*3,5,7H,6H2,1-2H3/t3*3-,5-/m000/s1. The molecule has 6 atom stereocenters. The summed E-state index contributed by atoms with van der Waals surface area (Å²) >= 11 is 0. The summed E-state index contributed by atoms with van der Waals surface area (Å²) in [4.78, 5) is 30.9. The van der Waals surface area contributed by atoms with Crippen molar-refractivity contribution in [3.8, 4) is 0 Å². The highest BCUT2D eigenvalue weighted by molar-refractivity contribution is 5.82. The van der Waals surface area contributed by atoms with E-state index < -0.39 is 36.4 Å². The minimum absolute atomic E-state index is 0.181. The number of rotatable bonds is 6. The van der Waals surface area contributed by atoms with Crippen LogP contribution in [0.1, 0.15) is 41.5 Å². The Morgan fingerprint density at radius 3 is 0.708 bits per heavy atom. The topological polar surface area (TPSA) is 190 Å². The second-order valence-corrected chi connectivity index (χ2v) is 5.63. The number of hydrogen-bond acceptors (Lipinski definition) is 9. The van der Waals surface area contributed by atoms with E-state index in [0.717, 1.165) is 0 Å². The SMILES string of the molecule is CC(=O)[C@@H](N)[C@H](C)O.CC(=O)[C@@H](N)[C@H](C)O.CC(=O)[C@@H](N)[C@H](C)O. The molecule has 144 valence electrons. The molecule has 0 saturated carbocycles. The number of carbonyl (C=O) groups excluding carboxylic acids is 3. The number of ketones is 3. The van der Waals surface area contributed by atoms with Crippen LogP contribution in [0.15, 0.2) is 0 Å². The van der Waals surface area contributed by atoms with Gasteiger partial charge in [0.25, 0.3) is 0 Å². The number of aliphatic hydroxyl groups excluding tert-OH is 3. The largest absolute Gasteiger partial charge is 0.391 e. The van der Waals surface area contributed by atoms with Crippen LogP contribution in [0.25, 0.3) is 0 Å². The maximum Gasteiger partial charge on any atom is 0.149 e. The van der Waals surface area contributed by atoms with E-state index in [0.29, 0.717) is 0 Å². The number of Topliss-reactive ketones (excluding diaryl/α,β-unsaturated/α-hetero) is 3. The van der Waals surface area contributed by atoms with Crippen LogP contribution < -0.4 is 17.2 Å². The average Bonchev–Trinajstić information content (AvgIpc) is 2.45. The van der Waals surface area contributed by atoms with Gasteiger partial charge in [0, 0.05) is 0 Å². The Morgan fingerprint density at radius 1 is 0.583 bits per heavy atom. The van der Waals surface area contributed by atoms with Gasteiger partial charge >= 0.3 is 0 Å². The fourth-order valence-corrected chi connectivity index (χ4v) is 1.02. The van der Waals surface area contributed by atoms with Crippen LogP contribution in [0.4, 0.5) is 0 Å². The van der Waals surface area contributed by atoms with Gasteiger partial charge in [-0.3, -0.25) is 14.4 Å². The molecule has 0 aromatic heterocycles. The molecule has 0 aliphatic carbocycles. The highest BCUT2D eigenvalue weighted by Gasteiger charge is 2.13. The summed E-state index contributed by atoms with van der Waals surface area (Å²) in [5.41, 5.74) is 15.5. The lowest BCUT2D eigenvalue weighted by molar-refractivity contribution is -0.121. The van der Waals surface area contributed by atoms with Crippen LogP contribution in [0.3, 0.4) is 0 Å². The first-order valence-corrected chi connectivity index (χ1v) is 7.49. The van der Waals surface area contributed by atoms with Crippen molar-refractivity contribution in [1.82, 2.24) is 0 Å². The molecule has 0 aromatic carbocycles. The third kappa shape index (κ3) is 15.7. The highest BCUT2D eigenvalue weighted by atomic mass is 16.3. The Morgan fingerprint density at radius 2 is 0.708 bits per heavy atom. The zero-order chi connectivity index (χ0) is 20.2. The van der Waals surface area contributed by atoms with Gasteiger partial charge in [-0.25, -0.2) is 0 Å². The maximum atomic E-state index is 10.3. The van der Waals surface area contributed by atoms with Gasteiger partial charge in [0.2, 0.25) is 0 Å². The van der Waals surface area contributed by atoms with E-state index in [-0.39, 0.29) is 17.3 Å². The third-order valence-electron chi connectivity index (χ3n) is 2.97. The van der Waals surface area contributed by atoms with E-state index in [4.69, 9.17) is 32.5 Å². The molecule has 0 rings (SSSR count). The molecule has 0 heterocycles. The lowest BCUT2D eigenvalue weighted by Crippen LogP contribution is -2.38. The number of nitrogens with two attached hydrogens (primary N) is 3. The van der Waals surface area contributed by atoms with Gasteiger partial charge in [0.05, 0.1) is 36.4 Å². The van der Waals surface area contributed by atoms with E-state index in [2.05, 4.69) is 0 Å². The van der Waals surface area contributed by atoms with Crippen LogP contribution in [-0.2, 0) is 14.4 Å². The molecular weight excluding hydrogens is 318 g/mol. The van der Waals surface area contributed by atoms with Crippen LogP contribution in [0.2, 0.25) is 0 Å². The summed E-state index contributed by atoms with van der Waals surface area (Å²) in [6, 6.07) is -2.14. The van der Waals surface area contributed by atoms with Gasteiger partial charge in [0.1, 0.15) is 17.3 Å². The Bertz CT molecular complexity index is 328. The highest BCUT2D eigenvalue weighted by Crippen LogP contribution is 1.89. The molecule has 0 bridgehead atoms.